The van der Waals surface area contributed by atoms with E-state index in [1.807, 2.05) is 0 Å². The lowest BCUT2D eigenvalue weighted by molar-refractivity contribution is -0.133. The summed E-state index contributed by atoms with van der Waals surface area (Å²) in [7, 11) is 1.81. The smallest absolute Gasteiger partial charge is 0.0986 e. The van der Waals surface area contributed by atoms with E-state index in [2.05, 4.69) is 17.1 Å². The van der Waals surface area contributed by atoms with Gasteiger partial charge in [-0.1, -0.05) is 0 Å². The lowest BCUT2D eigenvalue weighted by Gasteiger charge is -2.45. The molecule has 0 aromatic heterocycles. The normalized spacial score (nSPS) is 44.0. The highest BCUT2D eigenvalue weighted by atomic mass is 16.5. The molecule has 2 heterocycles. The van der Waals surface area contributed by atoms with E-state index in [-0.39, 0.29) is 6.10 Å². The first-order valence-corrected chi connectivity index (χ1v) is 7.48. The molecule has 1 aliphatic carbocycles. The fourth-order valence-electron chi connectivity index (χ4n) is 3.99. The molecule has 5 atom stereocenters. The minimum Gasteiger partial charge on any atom is -0.377 e. The Labute approximate surface area is 110 Å². The fourth-order valence-corrected chi connectivity index (χ4v) is 3.99. The van der Waals surface area contributed by atoms with Gasteiger partial charge < -0.3 is 14.8 Å². The average Bonchev–Trinajstić information content (AvgIpc) is 2.92. The van der Waals surface area contributed by atoms with Gasteiger partial charge in [-0.2, -0.15) is 0 Å². The highest BCUT2D eigenvalue weighted by molar-refractivity contribution is 5.03. The number of hydrogen-bond acceptors (Lipinski definition) is 4. The Bertz CT molecular complexity index is 287. The molecule has 0 radical (unpaired) electrons. The van der Waals surface area contributed by atoms with Crippen LogP contribution < -0.4 is 5.32 Å². The van der Waals surface area contributed by atoms with Crippen LogP contribution in [0.2, 0.25) is 0 Å². The van der Waals surface area contributed by atoms with Crippen molar-refractivity contribution in [3.05, 3.63) is 0 Å². The van der Waals surface area contributed by atoms with Crippen LogP contribution in [0.15, 0.2) is 0 Å². The summed E-state index contributed by atoms with van der Waals surface area (Å²) >= 11 is 0. The van der Waals surface area contributed by atoms with E-state index in [0.29, 0.717) is 18.2 Å². The molecule has 2 aliphatic heterocycles. The van der Waals surface area contributed by atoms with Crippen LogP contribution in [0.4, 0.5) is 0 Å². The lowest BCUT2D eigenvalue weighted by Crippen LogP contribution is -2.62. The minimum absolute atomic E-state index is 0.250. The zero-order valence-corrected chi connectivity index (χ0v) is 11.6. The van der Waals surface area contributed by atoms with E-state index in [1.54, 1.807) is 7.11 Å². The molecule has 3 aliphatic rings. The zero-order chi connectivity index (χ0) is 12.5. The number of fused-ring (bicyclic) bond motifs is 1. The van der Waals surface area contributed by atoms with Crippen molar-refractivity contribution in [1.29, 1.82) is 0 Å². The molecule has 104 valence electrons. The van der Waals surface area contributed by atoms with Gasteiger partial charge in [-0.25, -0.2) is 0 Å². The first-order chi connectivity index (χ1) is 8.83. The van der Waals surface area contributed by atoms with Crippen molar-refractivity contribution in [3.8, 4) is 0 Å². The van der Waals surface area contributed by atoms with Crippen LogP contribution in [0, 0.1) is 0 Å². The van der Waals surface area contributed by atoms with Crippen LogP contribution in [0.3, 0.4) is 0 Å². The van der Waals surface area contributed by atoms with E-state index in [1.165, 1.54) is 32.4 Å². The van der Waals surface area contributed by atoms with Crippen LogP contribution in [0.25, 0.3) is 0 Å². The van der Waals surface area contributed by atoms with Crippen molar-refractivity contribution in [1.82, 2.24) is 10.2 Å². The van der Waals surface area contributed by atoms with Crippen LogP contribution >= 0.6 is 0 Å². The molecule has 1 N–H and O–H groups in total. The summed E-state index contributed by atoms with van der Waals surface area (Å²) in [6.45, 7) is 5.43. The Morgan fingerprint density at radius 2 is 2.11 bits per heavy atom. The van der Waals surface area contributed by atoms with Crippen molar-refractivity contribution in [3.63, 3.8) is 0 Å². The van der Waals surface area contributed by atoms with Gasteiger partial charge >= 0.3 is 0 Å². The summed E-state index contributed by atoms with van der Waals surface area (Å²) in [4.78, 5) is 2.65. The van der Waals surface area contributed by atoms with Crippen molar-refractivity contribution in [2.24, 2.45) is 0 Å². The van der Waals surface area contributed by atoms with Gasteiger partial charge in [0.25, 0.3) is 0 Å². The maximum Gasteiger partial charge on any atom is 0.0986 e. The molecule has 4 heteroatoms. The molecular weight excluding hydrogens is 228 g/mol. The van der Waals surface area contributed by atoms with Crippen LogP contribution in [0.5, 0.6) is 0 Å². The second-order valence-electron chi connectivity index (χ2n) is 5.84. The molecule has 3 fully saturated rings. The molecule has 0 aromatic rings. The summed E-state index contributed by atoms with van der Waals surface area (Å²) in [5.74, 6) is 0. The molecule has 0 amide bonds. The summed E-state index contributed by atoms with van der Waals surface area (Å²) in [5.41, 5.74) is 0. The monoisotopic (exact) mass is 254 g/mol. The largest absolute Gasteiger partial charge is 0.377 e. The van der Waals surface area contributed by atoms with Gasteiger partial charge in [-0.3, -0.25) is 4.90 Å². The van der Waals surface area contributed by atoms with Gasteiger partial charge in [-0.15, -0.1) is 0 Å². The Hall–Kier alpha value is -0.160. The van der Waals surface area contributed by atoms with E-state index < -0.39 is 0 Å². The molecule has 0 spiro atoms. The highest BCUT2D eigenvalue weighted by Gasteiger charge is 2.45. The number of methoxy groups -OCH3 is 1. The van der Waals surface area contributed by atoms with E-state index >= 15 is 0 Å². The van der Waals surface area contributed by atoms with Crippen molar-refractivity contribution < 1.29 is 9.47 Å². The average molecular weight is 254 g/mol. The van der Waals surface area contributed by atoms with Crippen LogP contribution in [0.1, 0.15) is 32.6 Å². The molecule has 5 unspecified atom stereocenters. The number of hydrogen-bond donors (Lipinski definition) is 1. The Balaban J connectivity index is 1.51. The topological polar surface area (TPSA) is 33.7 Å². The van der Waals surface area contributed by atoms with Crippen LogP contribution in [-0.2, 0) is 9.47 Å². The third-order valence-corrected chi connectivity index (χ3v) is 4.94. The molecule has 0 aromatic carbocycles. The van der Waals surface area contributed by atoms with Gasteiger partial charge in [0, 0.05) is 38.4 Å². The van der Waals surface area contributed by atoms with Gasteiger partial charge in [0.05, 0.1) is 12.2 Å². The maximum atomic E-state index is 5.69. The molecule has 2 saturated heterocycles. The van der Waals surface area contributed by atoms with Crippen molar-refractivity contribution in [2.75, 3.05) is 26.8 Å². The van der Waals surface area contributed by atoms with E-state index in [9.17, 15) is 0 Å². The number of nitrogens with zero attached hydrogens (tertiary/aromatic N) is 1. The minimum atomic E-state index is 0.250. The summed E-state index contributed by atoms with van der Waals surface area (Å²) in [5, 5.41) is 3.83. The van der Waals surface area contributed by atoms with Gasteiger partial charge in [0.15, 0.2) is 0 Å². The number of nitrogens with one attached hydrogen (secondary N) is 1. The summed E-state index contributed by atoms with van der Waals surface area (Å²) in [6.07, 6.45) is 5.71. The third-order valence-electron chi connectivity index (χ3n) is 4.94. The van der Waals surface area contributed by atoms with Crippen LogP contribution in [-0.4, -0.2) is 62.0 Å². The Morgan fingerprint density at radius 1 is 1.22 bits per heavy atom. The fraction of sp³-hybridized carbons (Fsp3) is 1.00. The van der Waals surface area contributed by atoms with Gasteiger partial charge in [0.1, 0.15) is 0 Å². The molecule has 1 saturated carbocycles. The SMILES string of the molecule is CCOC1CC(NC2CCN3CCCC23)C1OC. The number of rotatable bonds is 5. The summed E-state index contributed by atoms with van der Waals surface area (Å²) < 4.78 is 11.3. The summed E-state index contributed by atoms with van der Waals surface area (Å²) in [6, 6.07) is 1.96. The Morgan fingerprint density at radius 3 is 2.89 bits per heavy atom. The zero-order valence-electron chi connectivity index (χ0n) is 11.6. The lowest BCUT2D eigenvalue weighted by atomic mass is 9.84. The predicted octanol–water partition coefficient (Wildman–Crippen LogP) is 1.01. The van der Waals surface area contributed by atoms with E-state index in [4.69, 9.17) is 9.47 Å². The highest BCUT2D eigenvalue weighted by Crippen LogP contribution is 2.32. The van der Waals surface area contributed by atoms with E-state index in [0.717, 1.165) is 19.1 Å². The van der Waals surface area contributed by atoms with Gasteiger partial charge in [-0.05, 0) is 39.2 Å². The molecule has 18 heavy (non-hydrogen) atoms. The molecule has 3 rings (SSSR count). The number of ether oxygens (including phenoxy) is 2. The van der Waals surface area contributed by atoms with Crippen molar-refractivity contribution in [2.45, 2.75) is 62.9 Å². The third kappa shape index (κ3) is 2.20. The molecular formula is C14H26N2O2. The standard InChI is InChI=1S/C14H26N2O2/c1-3-18-13-9-11(14(13)17-2)15-10-6-8-16-7-4-5-12(10)16/h10-15H,3-9H2,1-2H3. The first-order valence-electron chi connectivity index (χ1n) is 7.48. The van der Waals surface area contributed by atoms with Crippen molar-refractivity contribution >= 4 is 0 Å². The first kappa shape index (κ1) is 12.9. The predicted molar refractivity (Wildman–Crippen MR) is 70.8 cm³/mol. The second kappa shape index (κ2) is 5.45. The van der Waals surface area contributed by atoms with Gasteiger partial charge in [0.2, 0.25) is 0 Å². The molecule has 4 nitrogen and oxygen atoms in total. The molecule has 0 bridgehead atoms. The quantitative estimate of drug-likeness (QED) is 0.794. The Kier molecular flexibility index (Phi) is 3.89. The second-order valence-corrected chi connectivity index (χ2v) is 5.84. The maximum absolute atomic E-state index is 5.69.